The van der Waals surface area contributed by atoms with Crippen LogP contribution in [0, 0.1) is 12.8 Å². The molecule has 6 heteroatoms. The van der Waals surface area contributed by atoms with Crippen LogP contribution in [0.15, 0.2) is 18.2 Å². The van der Waals surface area contributed by atoms with Crippen LogP contribution < -0.4 is 10.6 Å². The van der Waals surface area contributed by atoms with E-state index < -0.39 is 0 Å². The lowest BCUT2D eigenvalue weighted by molar-refractivity contribution is -0.124. The Balaban J connectivity index is 2.69. The molecule has 0 radical (unpaired) electrons. The summed E-state index contributed by atoms with van der Waals surface area (Å²) in [6.45, 7) is 3.97. The topological polar surface area (TPSA) is 61.4 Å². The molecule has 0 aliphatic rings. The number of halogens is 1. The van der Waals surface area contributed by atoms with Gasteiger partial charge < -0.3 is 15.5 Å². The maximum Gasteiger partial charge on any atom is 0.321 e. The molecule has 0 spiro atoms. The summed E-state index contributed by atoms with van der Waals surface area (Å²) in [7, 11) is 3.22. The molecule has 0 aliphatic carbocycles. The van der Waals surface area contributed by atoms with Gasteiger partial charge in [-0.05, 0) is 18.6 Å². The Morgan fingerprint density at radius 2 is 2.05 bits per heavy atom. The van der Waals surface area contributed by atoms with Crippen molar-refractivity contribution in [3.05, 3.63) is 28.8 Å². The van der Waals surface area contributed by atoms with E-state index in [9.17, 15) is 9.59 Å². The molecule has 20 heavy (non-hydrogen) atoms. The summed E-state index contributed by atoms with van der Waals surface area (Å²) in [5.41, 5.74) is 1.48. The summed E-state index contributed by atoms with van der Waals surface area (Å²) in [6, 6.07) is 5.12. The van der Waals surface area contributed by atoms with Crippen LogP contribution in [0.1, 0.15) is 12.5 Å². The molecular formula is C14H20ClN3O2. The molecule has 1 aromatic carbocycles. The van der Waals surface area contributed by atoms with Gasteiger partial charge in [-0.2, -0.15) is 0 Å². The van der Waals surface area contributed by atoms with Crippen molar-refractivity contribution in [2.24, 2.45) is 5.92 Å². The van der Waals surface area contributed by atoms with E-state index in [-0.39, 0.29) is 17.9 Å². The predicted molar refractivity (Wildman–Crippen MR) is 81.1 cm³/mol. The maximum absolute atomic E-state index is 12.1. The normalized spacial score (nSPS) is 11.7. The molecule has 0 saturated heterocycles. The number of benzene rings is 1. The number of anilines is 1. The molecule has 0 aliphatic heterocycles. The average Bonchev–Trinajstić information content (AvgIpc) is 2.41. The van der Waals surface area contributed by atoms with Gasteiger partial charge in [0.2, 0.25) is 5.91 Å². The molecule has 110 valence electrons. The van der Waals surface area contributed by atoms with Crippen molar-refractivity contribution < 1.29 is 9.59 Å². The fourth-order valence-corrected chi connectivity index (χ4v) is 2.08. The van der Waals surface area contributed by atoms with Crippen LogP contribution in [-0.2, 0) is 4.79 Å². The fraction of sp³-hybridized carbons (Fsp3) is 0.429. The molecule has 1 atom stereocenters. The van der Waals surface area contributed by atoms with E-state index in [2.05, 4.69) is 10.6 Å². The minimum Gasteiger partial charge on any atom is -0.359 e. The van der Waals surface area contributed by atoms with Crippen molar-refractivity contribution >= 4 is 29.2 Å². The highest BCUT2D eigenvalue weighted by Gasteiger charge is 2.18. The lowest BCUT2D eigenvalue weighted by Gasteiger charge is -2.22. The van der Waals surface area contributed by atoms with E-state index in [1.807, 2.05) is 19.1 Å². The minimum absolute atomic E-state index is 0.0985. The Morgan fingerprint density at radius 1 is 1.40 bits per heavy atom. The number of urea groups is 1. The fourth-order valence-electron chi connectivity index (χ4n) is 1.82. The minimum atomic E-state index is -0.294. The number of aryl methyl sites for hydroxylation is 1. The van der Waals surface area contributed by atoms with E-state index in [4.69, 9.17) is 11.6 Å². The van der Waals surface area contributed by atoms with Crippen molar-refractivity contribution in [3.8, 4) is 0 Å². The van der Waals surface area contributed by atoms with Gasteiger partial charge in [0.25, 0.3) is 0 Å². The zero-order valence-corrected chi connectivity index (χ0v) is 12.9. The van der Waals surface area contributed by atoms with Gasteiger partial charge in [0, 0.05) is 20.6 Å². The van der Waals surface area contributed by atoms with Crippen LogP contribution in [0.2, 0.25) is 5.02 Å². The first-order valence-corrected chi connectivity index (χ1v) is 6.73. The molecule has 0 bridgehead atoms. The Hall–Kier alpha value is -1.75. The van der Waals surface area contributed by atoms with E-state index in [1.165, 1.54) is 4.90 Å². The highest BCUT2D eigenvalue weighted by Crippen LogP contribution is 2.25. The lowest BCUT2D eigenvalue weighted by Crippen LogP contribution is -2.39. The molecule has 5 nitrogen and oxygen atoms in total. The van der Waals surface area contributed by atoms with Gasteiger partial charge in [0.1, 0.15) is 0 Å². The SMILES string of the molecule is CNC(=O)C(C)CN(C)C(=O)Nc1c(C)cccc1Cl. The maximum atomic E-state index is 12.1. The molecule has 2 N–H and O–H groups in total. The number of carbonyl (C=O) groups is 2. The van der Waals surface area contributed by atoms with E-state index in [0.29, 0.717) is 17.3 Å². The molecule has 3 amide bonds. The third kappa shape index (κ3) is 4.13. The second-order valence-corrected chi connectivity index (χ2v) is 5.16. The molecule has 0 aromatic heterocycles. The van der Waals surface area contributed by atoms with Gasteiger partial charge in [-0.25, -0.2) is 4.79 Å². The summed E-state index contributed by atoms with van der Waals surface area (Å²) < 4.78 is 0. The first-order chi connectivity index (χ1) is 9.36. The van der Waals surface area contributed by atoms with Gasteiger partial charge in [0.15, 0.2) is 0 Å². The van der Waals surface area contributed by atoms with Crippen molar-refractivity contribution in [1.29, 1.82) is 0 Å². The second kappa shape index (κ2) is 7.14. The Morgan fingerprint density at radius 3 is 2.60 bits per heavy atom. The Labute approximate surface area is 124 Å². The molecule has 0 fully saturated rings. The Kier molecular flexibility index (Phi) is 5.82. The molecule has 0 heterocycles. The smallest absolute Gasteiger partial charge is 0.321 e. The van der Waals surface area contributed by atoms with Gasteiger partial charge in [-0.1, -0.05) is 30.7 Å². The van der Waals surface area contributed by atoms with Crippen LogP contribution in [0.5, 0.6) is 0 Å². The number of amides is 3. The average molecular weight is 298 g/mol. The van der Waals surface area contributed by atoms with Crippen LogP contribution in [0.4, 0.5) is 10.5 Å². The standard InChI is InChI=1S/C14H20ClN3O2/c1-9-6-5-7-11(15)12(9)17-14(20)18(4)8-10(2)13(19)16-3/h5-7,10H,8H2,1-4H3,(H,16,19)(H,17,20). The van der Waals surface area contributed by atoms with Gasteiger partial charge >= 0.3 is 6.03 Å². The van der Waals surface area contributed by atoms with Crippen LogP contribution in [0.25, 0.3) is 0 Å². The number of nitrogens with one attached hydrogen (secondary N) is 2. The number of hydrogen-bond donors (Lipinski definition) is 2. The lowest BCUT2D eigenvalue weighted by atomic mass is 10.1. The number of para-hydroxylation sites is 1. The van der Waals surface area contributed by atoms with Crippen molar-refractivity contribution in [2.75, 3.05) is 26.0 Å². The zero-order chi connectivity index (χ0) is 15.3. The number of hydrogen-bond acceptors (Lipinski definition) is 2. The predicted octanol–water partition coefficient (Wildman–Crippen LogP) is 2.49. The van der Waals surface area contributed by atoms with Gasteiger partial charge in [-0.15, -0.1) is 0 Å². The van der Waals surface area contributed by atoms with Crippen molar-refractivity contribution in [2.45, 2.75) is 13.8 Å². The summed E-state index contributed by atoms with van der Waals surface area (Å²) in [4.78, 5) is 25.0. The van der Waals surface area contributed by atoms with Crippen molar-refractivity contribution in [3.63, 3.8) is 0 Å². The van der Waals surface area contributed by atoms with Gasteiger partial charge in [-0.3, -0.25) is 4.79 Å². The molecular weight excluding hydrogens is 278 g/mol. The van der Waals surface area contributed by atoms with Gasteiger partial charge in [0.05, 0.1) is 16.6 Å². The summed E-state index contributed by atoms with van der Waals surface area (Å²) in [6.07, 6.45) is 0. The monoisotopic (exact) mass is 297 g/mol. The first kappa shape index (κ1) is 16.3. The van der Waals surface area contributed by atoms with E-state index >= 15 is 0 Å². The van der Waals surface area contributed by atoms with Crippen LogP contribution >= 0.6 is 11.6 Å². The molecule has 1 unspecified atom stereocenters. The third-order valence-electron chi connectivity index (χ3n) is 3.04. The van der Waals surface area contributed by atoms with Crippen LogP contribution in [-0.4, -0.2) is 37.5 Å². The molecule has 0 saturated carbocycles. The molecule has 1 aromatic rings. The first-order valence-electron chi connectivity index (χ1n) is 6.35. The summed E-state index contributed by atoms with van der Waals surface area (Å²) in [5, 5.41) is 5.81. The quantitative estimate of drug-likeness (QED) is 0.897. The number of rotatable bonds is 4. The number of carbonyl (C=O) groups excluding carboxylic acids is 2. The third-order valence-corrected chi connectivity index (χ3v) is 3.36. The molecule has 1 rings (SSSR count). The summed E-state index contributed by atoms with van der Waals surface area (Å²) in [5.74, 6) is -0.373. The largest absolute Gasteiger partial charge is 0.359 e. The second-order valence-electron chi connectivity index (χ2n) is 4.76. The highest BCUT2D eigenvalue weighted by atomic mass is 35.5. The highest BCUT2D eigenvalue weighted by molar-refractivity contribution is 6.33. The van der Waals surface area contributed by atoms with E-state index in [0.717, 1.165) is 5.56 Å². The van der Waals surface area contributed by atoms with Crippen LogP contribution in [0.3, 0.4) is 0 Å². The zero-order valence-electron chi connectivity index (χ0n) is 12.2. The Bertz CT molecular complexity index is 485. The van der Waals surface area contributed by atoms with E-state index in [1.54, 1.807) is 27.1 Å². The van der Waals surface area contributed by atoms with Crippen molar-refractivity contribution in [1.82, 2.24) is 10.2 Å². The number of nitrogens with zero attached hydrogens (tertiary/aromatic N) is 1. The summed E-state index contributed by atoms with van der Waals surface area (Å²) >= 11 is 6.06.